The Morgan fingerprint density at radius 2 is 1.86 bits per heavy atom. The number of sulfonamides is 1. The molecule has 0 saturated heterocycles. The third kappa shape index (κ3) is 3.15. The van der Waals surface area contributed by atoms with Gasteiger partial charge in [-0.1, -0.05) is 25.8 Å². The van der Waals surface area contributed by atoms with Gasteiger partial charge >= 0.3 is 0 Å². The molecule has 1 aromatic carbocycles. The highest BCUT2D eigenvalue weighted by atomic mass is 32.2. The molecule has 0 atom stereocenters. The average molecular weight is 311 g/mol. The molecule has 4 nitrogen and oxygen atoms in total. The Kier molecular flexibility index (Phi) is 5.07. The summed E-state index contributed by atoms with van der Waals surface area (Å²) in [4.78, 5) is 0.348. The van der Waals surface area contributed by atoms with E-state index in [0.29, 0.717) is 17.0 Å². The molecule has 118 valence electrons. The first-order valence-corrected chi connectivity index (χ1v) is 9.08. The van der Waals surface area contributed by atoms with Crippen molar-refractivity contribution in [3.8, 4) is 0 Å². The van der Waals surface area contributed by atoms with Crippen LogP contribution in [0.3, 0.4) is 0 Å². The Bertz CT molecular complexity index is 604. The van der Waals surface area contributed by atoms with Gasteiger partial charge in [0.05, 0.1) is 11.5 Å². The Morgan fingerprint density at radius 1 is 1.24 bits per heavy atom. The molecule has 1 aromatic rings. The van der Waals surface area contributed by atoms with Crippen LogP contribution in [0.4, 0.5) is 0 Å². The van der Waals surface area contributed by atoms with E-state index < -0.39 is 10.0 Å². The highest BCUT2D eigenvalue weighted by molar-refractivity contribution is 7.89. The van der Waals surface area contributed by atoms with Gasteiger partial charge in [0.1, 0.15) is 0 Å². The van der Waals surface area contributed by atoms with Gasteiger partial charge in [0.2, 0.25) is 10.0 Å². The Labute approximate surface area is 127 Å². The zero-order chi connectivity index (χ0) is 15.6. The largest absolute Gasteiger partial charge is 0.392 e. The minimum Gasteiger partial charge on any atom is -0.392 e. The van der Waals surface area contributed by atoms with E-state index in [-0.39, 0.29) is 12.6 Å². The third-order valence-corrected chi connectivity index (χ3v) is 6.65. The van der Waals surface area contributed by atoms with Gasteiger partial charge in [0.15, 0.2) is 0 Å². The number of rotatable bonds is 5. The lowest BCUT2D eigenvalue weighted by Crippen LogP contribution is -2.39. The smallest absolute Gasteiger partial charge is 0.243 e. The lowest BCUT2D eigenvalue weighted by Gasteiger charge is -2.28. The van der Waals surface area contributed by atoms with Crippen molar-refractivity contribution in [2.45, 2.75) is 64.0 Å². The van der Waals surface area contributed by atoms with Crippen LogP contribution < -0.4 is 0 Å². The second-order valence-electron chi connectivity index (χ2n) is 5.84. The molecule has 0 unspecified atom stereocenters. The molecule has 2 rings (SSSR count). The van der Waals surface area contributed by atoms with Crippen molar-refractivity contribution < 1.29 is 13.5 Å². The van der Waals surface area contributed by atoms with E-state index in [1.54, 1.807) is 10.4 Å². The maximum atomic E-state index is 13.0. The number of hydrogen-bond donors (Lipinski definition) is 1. The number of hydrogen-bond acceptors (Lipinski definition) is 3. The molecule has 1 saturated carbocycles. The van der Waals surface area contributed by atoms with Crippen molar-refractivity contribution in [3.05, 3.63) is 28.8 Å². The molecule has 0 aliphatic heterocycles. The van der Waals surface area contributed by atoms with Crippen molar-refractivity contribution in [1.29, 1.82) is 0 Å². The van der Waals surface area contributed by atoms with Crippen molar-refractivity contribution in [2.75, 3.05) is 6.54 Å². The van der Waals surface area contributed by atoms with Crippen LogP contribution in [0, 0.1) is 13.8 Å². The van der Waals surface area contributed by atoms with Crippen LogP contribution in [0.5, 0.6) is 0 Å². The monoisotopic (exact) mass is 311 g/mol. The summed E-state index contributed by atoms with van der Waals surface area (Å²) in [6.07, 6.45) is 4.10. The summed E-state index contributed by atoms with van der Waals surface area (Å²) in [6.45, 7) is 5.98. The summed E-state index contributed by atoms with van der Waals surface area (Å²) < 4.78 is 27.7. The predicted octanol–water partition coefficient (Wildman–Crippen LogP) is 2.75. The molecule has 1 aliphatic carbocycles. The highest BCUT2D eigenvalue weighted by Gasteiger charge is 2.33. The molecule has 0 aromatic heterocycles. The third-order valence-electron chi connectivity index (χ3n) is 4.49. The fourth-order valence-electron chi connectivity index (χ4n) is 3.20. The van der Waals surface area contributed by atoms with Crippen LogP contribution in [0.1, 0.15) is 49.3 Å². The standard InChI is InChI=1S/C16H25NO3S/c1-4-17(15-7-5-6-8-15)21(19,20)16-10-14(11-18)9-12(2)13(16)3/h9-10,15,18H,4-8,11H2,1-3H3. The number of aliphatic hydroxyl groups excluding tert-OH is 1. The van der Waals surface area contributed by atoms with Gasteiger partial charge in [-0.05, 0) is 49.4 Å². The molecule has 21 heavy (non-hydrogen) atoms. The zero-order valence-electron chi connectivity index (χ0n) is 13.1. The van der Waals surface area contributed by atoms with E-state index in [1.165, 1.54) is 0 Å². The fraction of sp³-hybridized carbons (Fsp3) is 0.625. The van der Waals surface area contributed by atoms with E-state index in [0.717, 1.165) is 36.8 Å². The quantitative estimate of drug-likeness (QED) is 0.909. The van der Waals surface area contributed by atoms with Gasteiger partial charge < -0.3 is 5.11 Å². The Hall–Kier alpha value is -0.910. The van der Waals surface area contributed by atoms with E-state index in [1.807, 2.05) is 26.8 Å². The molecule has 1 N–H and O–H groups in total. The molecular weight excluding hydrogens is 286 g/mol. The van der Waals surface area contributed by atoms with Gasteiger partial charge in [-0.2, -0.15) is 4.31 Å². The summed E-state index contributed by atoms with van der Waals surface area (Å²) in [5, 5.41) is 9.34. The molecule has 0 radical (unpaired) electrons. The maximum absolute atomic E-state index is 13.0. The minimum absolute atomic E-state index is 0.123. The number of nitrogens with zero attached hydrogens (tertiary/aromatic N) is 1. The Balaban J connectivity index is 2.49. The van der Waals surface area contributed by atoms with Gasteiger partial charge in [0.25, 0.3) is 0 Å². The number of aliphatic hydroxyl groups is 1. The van der Waals surface area contributed by atoms with Crippen LogP contribution in [0.2, 0.25) is 0 Å². The van der Waals surface area contributed by atoms with Crippen LogP contribution in [0.25, 0.3) is 0 Å². The van der Waals surface area contributed by atoms with Gasteiger partial charge in [0, 0.05) is 12.6 Å². The summed E-state index contributed by atoms with van der Waals surface area (Å²) in [5.74, 6) is 0. The predicted molar refractivity (Wildman–Crippen MR) is 83.7 cm³/mol. The van der Waals surface area contributed by atoms with E-state index in [2.05, 4.69) is 0 Å². The lowest BCUT2D eigenvalue weighted by atomic mass is 10.1. The highest BCUT2D eigenvalue weighted by Crippen LogP contribution is 2.31. The fourth-order valence-corrected chi connectivity index (χ4v) is 5.25. The Morgan fingerprint density at radius 3 is 2.38 bits per heavy atom. The SMILES string of the molecule is CCN(C1CCCC1)S(=O)(=O)c1cc(CO)cc(C)c1C. The maximum Gasteiger partial charge on any atom is 0.243 e. The molecule has 0 bridgehead atoms. The number of aryl methyl sites for hydroxylation is 1. The number of benzene rings is 1. The second-order valence-corrected chi connectivity index (χ2v) is 7.70. The van der Waals surface area contributed by atoms with Crippen LogP contribution in [-0.4, -0.2) is 30.4 Å². The summed E-state index contributed by atoms with van der Waals surface area (Å²) in [6, 6.07) is 3.59. The topological polar surface area (TPSA) is 57.6 Å². The van der Waals surface area contributed by atoms with Crippen LogP contribution in [-0.2, 0) is 16.6 Å². The van der Waals surface area contributed by atoms with Crippen LogP contribution in [0.15, 0.2) is 17.0 Å². The van der Waals surface area contributed by atoms with Gasteiger partial charge in [-0.3, -0.25) is 0 Å². The summed E-state index contributed by atoms with van der Waals surface area (Å²) in [5.41, 5.74) is 2.34. The van der Waals surface area contributed by atoms with Crippen molar-refractivity contribution in [3.63, 3.8) is 0 Å². The molecular formula is C16H25NO3S. The van der Waals surface area contributed by atoms with E-state index >= 15 is 0 Å². The second kappa shape index (κ2) is 6.46. The first-order valence-electron chi connectivity index (χ1n) is 7.64. The van der Waals surface area contributed by atoms with Crippen molar-refractivity contribution in [2.24, 2.45) is 0 Å². The molecule has 1 fully saturated rings. The van der Waals surface area contributed by atoms with E-state index in [4.69, 9.17) is 0 Å². The molecule has 0 spiro atoms. The normalized spacial score (nSPS) is 16.8. The molecule has 5 heteroatoms. The lowest BCUT2D eigenvalue weighted by molar-refractivity contribution is 0.281. The average Bonchev–Trinajstić information content (AvgIpc) is 2.95. The summed E-state index contributed by atoms with van der Waals surface area (Å²) in [7, 11) is -3.50. The van der Waals surface area contributed by atoms with Crippen molar-refractivity contribution in [1.82, 2.24) is 4.31 Å². The molecule has 0 amide bonds. The minimum atomic E-state index is -3.50. The first-order chi connectivity index (χ1) is 9.91. The van der Waals surface area contributed by atoms with Gasteiger partial charge in [-0.15, -0.1) is 0 Å². The molecule has 0 heterocycles. The summed E-state index contributed by atoms with van der Waals surface area (Å²) >= 11 is 0. The first kappa shape index (κ1) is 16.5. The van der Waals surface area contributed by atoms with Crippen molar-refractivity contribution >= 4 is 10.0 Å². The zero-order valence-corrected chi connectivity index (χ0v) is 13.9. The van der Waals surface area contributed by atoms with E-state index in [9.17, 15) is 13.5 Å². The molecule has 1 aliphatic rings. The van der Waals surface area contributed by atoms with Crippen LogP contribution >= 0.6 is 0 Å². The van der Waals surface area contributed by atoms with Gasteiger partial charge in [-0.25, -0.2) is 8.42 Å².